The van der Waals surface area contributed by atoms with E-state index >= 15 is 0 Å². The molecule has 2 aromatic carbocycles. The maximum atomic E-state index is 12.8. The molecular weight excluding hydrogens is 464 g/mol. The Hall–Kier alpha value is -3.05. The number of ether oxygens (including phenoxy) is 2. The Bertz CT molecular complexity index is 1290. The number of aromatic nitrogens is 3. The van der Waals surface area contributed by atoms with Gasteiger partial charge in [-0.3, -0.25) is 9.36 Å². The molecule has 1 saturated heterocycles. The number of carbonyl (C=O) groups is 1. The van der Waals surface area contributed by atoms with Gasteiger partial charge in [-0.05, 0) is 43.7 Å². The van der Waals surface area contributed by atoms with Crippen molar-refractivity contribution in [3.05, 3.63) is 48.5 Å². The summed E-state index contributed by atoms with van der Waals surface area (Å²) in [6.45, 7) is 1.95. The summed E-state index contributed by atoms with van der Waals surface area (Å²) in [7, 11) is -3.07. The lowest BCUT2D eigenvalue weighted by molar-refractivity contribution is -0.120. The Balaban J connectivity index is 1.42. The molecule has 11 heteroatoms. The zero-order chi connectivity index (χ0) is 23.0. The minimum atomic E-state index is -3.07. The van der Waals surface area contributed by atoms with Crippen LogP contribution >= 0.6 is 11.8 Å². The summed E-state index contributed by atoms with van der Waals surface area (Å²) in [4.78, 5) is 12.8. The van der Waals surface area contributed by atoms with Crippen LogP contribution in [0.5, 0.6) is 11.5 Å². The molecule has 1 aromatic heterocycles. The number of hydrogen-bond donors (Lipinski definition) is 1. The quantitative estimate of drug-likeness (QED) is 0.529. The predicted molar refractivity (Wildman–Crippen MR) is 123 cm³/mol. The molecule has 0 aliphatic carbocycles. The molecule has 5 rings (SSSR count). The van der Waals surface area contributed by atoms with Gasteiger partial charge >= 0.3 is 0 Å². The first-order valence-corrected chi connectivity index (χ1v) is 13.2. The minimum absolute atomic E-state index is 0.00934. The average molecular weight is 487 g/mol. The molecule has 0 unspecified atom stereocenters. The summed E-state index contributed by atoms with van der Waals surface area (Å²) in [5.74, 6) is 1.80. The van der Waals surface area contributed by atoms with Crippen molar-refractivity contribution in [2.45, 2.75) is 29.8 Å². The third kappa shape index (κ3) is 4.55. The van der Waals surface area contributed by atoms with Gasteiger partial charge in [-0.15, -0.1) is 10.2 Å². The SMILES string of the molecule is C[C@H](Sc1nnc(-c2ccc3c(c2)OCO3)n1-c1ccccc1)C(=O)N[C@H]1CCS(=O)(=O)C1. The molecule has 0 bridgehead atoms. The number of fused-ring (bicyclic) bond motifs is 1. The second-order valence-corrected chi connectivity index (χ2v) is 11.5. The average Bonchev–Trinajstić information content (AvgIpc) is 3.52. The van der Waals surface area contributed by atoms with Gasteiger partial charge in [-0.1, -0.05) is 30.0 Å². The maximum absolute atomic E-state index is 12.8. The van der Waals surface area contributed by atoms with Crippen LogP contribution in [0.15, 0.2) is 53.7 Å². The van der Waals surface area contributed by atoms with Gasteiger partial charge in [-0.25, -0.2) is 8.42 Å². The molecule has 1 N–H and O–H groups in total. The van der Waals surface area contributed by atoms with E-state index in [1.807, 2.05) is 53.1 Å². The highest BCUT2D eigenvalue weighted by Gasteiger charge is 2.31. The van der Waals surface area contributed by atoms with Gasteiger partial charge < -0.3 is 14.8 Å². The first kappa shape index (κ1) is 21.8. The fraction of sp³-hybridized carbons (Fsp3) is 0.318. The summed E-state index contributed by atoms with van der Waals surface area (Å²) >= 11 is 1.27. The monoisotopic (exact) mass is 486 g/mol. The van der Waals surface area contributed by atoms with E-state index in [1.165, 1.54) is 11.8 Å². The maximum Gasteiger partial charge on any atom is 0.233 e. The van der Waals surface area contributed by atoms with Crippen molar-refractivity contribution < 1.29 is 22.7 Å². The molecule has 2 aliphatic rings. The fourth-order valence-corrected chi connectivity index (χ4v) is 6.37. The molecule has 2 atom stereocenters. The Kier molecular flexibility index (Phi) is 5.75. The van der Waals surface area contributed by atoms with Crippen LogP contribution in [0, 0.1) is 0 Å². The molecule has 3 heterocycles. The lowest BCUT2D eigenvalue weighted by atomic mass is 10.2. The number of benzene rings is 2. The number of amides is 1. The van der Waals surface area contributed by atoms with Gasteiger partial charge in [0.05, 0.1) is 16.8 Å². The first-order chi connectivity index (χ1) is 15.9. The van der Waals surface area contributed by atoms with E-state index in [4.69, 9.17) is 9.47 Å². The second kappa shape index (κ2) is 8.71. The molecule has 0 spiro atoms. The zero-order valence-electron chi connectivity index (χ0n) is 17.8. The highest BCUT2D eigenvalue weighted by Crippen LogP contribution is 2.37. The number of carbonyl (C=O) groups excluding carboxylic acids is 1. The van der Waals surface area contributed by atoms with Gasteiger partial charge in [0.15, 0.2) is 32.3 Å². The van der Waals surface area contributed by atoms with Crippen LogP contribution in [0.1, 0.15) is 13.3 Å². The number of nitrogens with one attached hydrogen (secondary N) is 1. The van der Waals surface area contributed by atoms with E-state index in [0.717, 1.165) is 11.3 Å². The van der Waals surface area contributed by atoms with Crippen LogP contribution in [0.3, 0.4) is 0 Å². The molecular formula is C22H22N4O5S2. The Morgan fingerprint density at radius 3 is 2.70 bits per heavy atom. The smallest absolute Gasteiger partial charge is 0.233 e. The molecule has 9 nitrogen and oxygen atoms in total. The second-order valence-electron chi connectivity index (χ2n) is 7.91. The van der Waals surface area contributed by atoms with Crippen LogP contribution in [-0.4, -0.2) is 58.7 Å². The third-order valence-corrected chi connectivity index (χ3v) is 8.32. The predicted octanol–water partition coefficient (Wildman–Crippen LogP) is 2.45. The highest BCUT2D eigenvalue weighted by molar-refractivity contribution is 8.00. The van der Waals surface area contributed by atoms with Gasteiger partial charge in [0.25, 0.3) is 0 Å². The number of sulfone groups is 1. The number of rotatable bonds is 6. The van der Waals surface area contributed by atoms with Crippen molar-refractivity contribution in [1.82, 2.24) is 20.1 Å². The van der Waals surface area contributed by atoms with E-state index in [2.05, 4.69) is 15.5 Å². The molecule has 1 fully saturated rings. The van der Waals surface area contributed by atoms with E-state index in [-0.39, 0.29) is 30.2 Å². The lowest BCUT2D eigenvalue weighted by Gasteiger charge is -2.16. The Morgan fingerprint density at radius 2 is 1.94 bits per heavy atom. The summed E-state index contributed by atoms with van der Waals surface area (Å²) in [5.41, 5.74) is 1.66. The van der Waals surface area contributed by atoms with E-state index < -0.39 is 15.1 Å². The van der Waals surface area contributed by atoms with Crippen molar-refractivity contribution in [3.8, 4) is 28.6 Å². The van der Waals surface area contributed by atoms with Gasteiger partial charge in [0.2, 0.25) is 12.7 Å². The Labute approximate surface area is 195 Å². The number of nitrogens with zero attached hydrogens (tertiary/aromatic N) is 3. The Morgan fingerprint density at radius 1 is 1.15 bits per heavy atom. The van der Waals surface area contributed by atoms with Crippen molar-refractivity contribution in [3.63, 3.8) is 0 Å². The fourth-order valence-electron chi connectivity index (χ4n) is 3.82. The topological polar surface area (TPSA) is 112 Å². The van der Waals surface area contributed by atoms with Crippen molar-refractivity contribution in [2.75, 3.05) is 18.3 Å². The van der Waals surface area contributed by atoms with Crippen molar-refractivity contribution >= 4 is 27.5 Å². The van der Waals surface area contributed by atoms with Gasteiger partial charge in [-0.2, -0.15) is 0 Å². The largest absolute Gasteiger partial charge is 0.454 e. The molecule has 3 aromatic rings. The van der Waals surface area contributed by atoms with Crippen LogP contribution in [0.4, 0.5) is 0 Å². The molecule has 1 amide bonds. The van der Waals surface area contributed by atoms with Crippen LogP contribution in [0.25, 0.3) is 17.1 Å². The van der Waals surface area contributed by atoms with Crippen LogP contribution in [0.2, 0.25) is 0 Å². The molecule has 0 radical (unpaired) electrons. The first-order valence-electron chi connectivity index (χ1n) is 10.5. The number of para-hydroxylation sites is 1. The summed E-state index contributed by atoms with van der Waals surface area (Å²) < 4.78 is 36.2. The van der Waals surface area contributed by atoms with Crippen molar-refractivity contribution in [1.29, 1.82) is 0 Å². The molecule has 33 heavy (non-hydrogen) atoms. The van der Waals surface area contributed by atoms with E-state index in [9.17, 15) is 13.2 Å². The normalized spacial score (nSPS) is 19.4. The highest BCUT2D eigenvalue weighted by atomic mass is 32.2. The summed E-state index contributed by atoms with van der Waals surface area (Å²) in [6.07, 6.45) is 0.444. The summed E-state index contributed by atoms with van der Waals surface area (Å²) in [6, 6.07) is 14.9. The zero-order valence-corrected chi connectivity index (χ0v) is 19.4. The minimum Gasteiger partial charge on any atom is -0.454 e. The molecule has 0 saturated carbocycles. The number of thioether (sulfide) groups is 1. The number of hydrogen-bond acceptors (Lipinski definition) is 8. The van der Waals surface area contributed by atoms with Crippen LogP contribution < -0.4 is 14.8 Å². The van der Waals surface area contributed by atoms with E-state index in [0.29, 0.717) is 28.9 Å². The van der Waals surface area contributed by atoms with E-state index in [1.54, 1.807) is 6.92 Å². The van der Waals surface area contributed by atoms with Gasteiger partial charge in [0.1, 0.15) is 0 Å². The van der Waals surface area contributed by atoms with Gasteiger partial charge in [0, 0.05) is 17.3 Å². The molecule has 2 aliphatic heterocycles. The van der Waals surface area contributed by atoms with Crippen LogP contribution in [-0.2, 0) is 14.6 Å². The molecule has 172 valence electrons. The van der Waals surface area contributed by atoms with Crippen molar-refractivity contribution in [2.24, 2.45) is 0 Å². The third-order valence-electron chi connectivity index (χ3n) is 5.51. The summed E-state index contributed by atoms with van der Waals surface area (Å²) in [5, 5.41) is 11.7. The lowest BCUT2D eigenvalue weighted by Crippen LogP contribution is -2.40. The standard InChI is InChI=1S/C22H22N4O5S2/c1-14(21(27)23-16-9-10-33(28,29)12-16)32-22-25-24-20(26(22)17-5-3-2-4-6-17)15-7-8-18-19(11-15)31-13-30-18/h2-8,11,14,16H,9-10,12-13H2,1H3,(H,23,27)/t14-,16-/m0/s1.